The van der Waals surface area contributed by atoms with E-state index in [-0.39, 0.29) is 0 Å². The van der Waals surface area contributed by atoms with Gasteiger partial charge in [0.1, 0.15) is 0 Å². The lowest BCUT2D eigenvalue weighted by molar-refractivity contribution is -0.171. The summed E-state index contributed by atoms with van der Waals surface area (Å²) in [7, 11) is 0. The van der Waals surface area contributed by atoms with Gasteiger partial charge in [-0.1, -0.05) is 6.92 Å². The summed E-state index contributed by atoms with van der Waals surface area (Å²) in [6.07, 6.45) is 2.53. The van der Waals surface area contributed by atoms with E-state index in [0.717, 1.165) is 19.4 Å². The first-order chi connectivity index (χ1) is 3.77. The molecule has 1 rings (SSSR count). The zero-order chi connectivity index (χ0) is 6.04. The van der Waals surface area contributed by atoms with Crippen LogP contribution in [0.5, 0.6) is 0 Å². The van der Waals surface area contributed by atoms with Crippen molar-refractivity contribution in [3.63, 3.8) is 0 Å². The van der Waals surface area contributed by atoms with E-state index in [4.69, 9.17) is 4.74 Å². The van der Waals surface area contributed by atoms with E-state index in [1.165, 1.54) is 0 Å². The highest BCUT2D eigenvalue weighted by atomic mass is 16.6. The molecule has 1 aliphatic heterocycles. The van der Waals surface area contributed by atoms with E-state index < -0.39 is 5.79 Å². The average Bonchev–Trinajstić information content (AvgIpc) is 2.17. The Labute approximate surface area is 49.5 Å². The molecule has 0 aromatic carbocycles. The highest BCUT2D eigenvalue weighted by molar-refractivity contribution is 4.70. The molecule has 48 valence electrons. The fraction of sp³-hybridized carbons (Fsp3) is 1.00. The van der Waals surface area contributed by atoms with Gasteiger partial charge < -0.3 is 9.84 Å². The molecule has 0 bridgehead atoms. The van der Waals surface area contributed by atoms with E-state index in [1.807, 2.05) is 6.92 Å². The van der Waals surface area contributed by atoms with E-state index in [2.05, 4.69) is 0 Å². The quantitative estimate of drug-likeness (QED) is 0.551. The molecule has 1 heterocycles. The molecule has 1 fully saturated rings. The normalized spacial score (nSPS) is 38.2. The van der Waals surface area contributed by atoms with Crippen LogP contribution in [0.15, 0.2) is 0 Å². The van der Waals surface area contributed by atoms with Gasteiger partial charge in [0, 0.05) is 6.42 Å². The van der Waals surface area contributed by atoms with Crippen LogP contribution in [0, 0.1) is 0 Å². The van der Waals surface area contributed by atoms with Crippen LogP contribution in [-0.4, -0.2) is 17.5 Å². The number of ether oxygens (including phenoxy) is 1. The van der Waals surface area contributed by atoms with E-state index in [1.54, 1.807) is 0 Å². The lowest BCUT2D eigenvalue weighted by Gasteiger charge is -2.17. The van der Waals surface area contributed by atoms with Crippen molar-refractivity contribution in [3.05, 3.63) is 0 Å². The fourth-order valence-corrected chi connectivity index (χ4v) is 0.962. The van der Waals surface area contributed by atoms with Crippen molar-refractivity contribution >= 4 is 0 Å². The SMILES string of the molecule is CCC1(O)CCCO1. The number of aliphatic hydroxyl groups is 1. The highest BCUT2D eigenvalue weighted by Gasteiger charge is 2.29. The van der Waals surface area contributed by atoms with Crippen LogP contribution < -0.4 is 0 Å². The van der Waals surface area contributed by atoms with Crippen molar-refractivity contribution in [2.75, 3.05) is 6.61 Å². The van der Waals surface area contributed by atoms with Gasteiger partial charge >= 0.3 is 0 Å². The molecule has 1 N–H and O–H groups in total. The molecule has 1 aliphatic rings. The maximum atomic E-state index is 9.28. The number of hydrogen-bond acceptors (Lipinski definition) is 2. The minimum atomic E-state index is -0.764. The van der Waals surface area contributed by atoms with Crippen LogP contribution in [0.1, 0.15) is 26.2 Å². The molecule has 1 atom stereocenters. The summed E-state index contributed by atoms with van der Waals surface area (Å²) in [6, 6.07) is 0. The van der Waals surface area contributed by atoms with Gasteiger partial charge in [0.25, 0.3) is 0 Å². The topological polar surface area (TPSA) is 29.5 Å². The van der Waals surface area contributed by atoms with Crippen molar-refractivity contribution in [2.24, 2.45) is 0 Å². The maximum Gasteiger partial charge on any atom is 0.165 e. The largest absolute Gasteiger partial charge is 0.365 e. The van der Waals surface area contributed by atoms with Crippen LogP contribution in [0.3, 0.4) is 0 Å². The molecular weight excluding hydrogens is 104 g/mol. The third-order valence-corrected chi connectivity index (χ3v) is 1.63. The van der Waals surface area contributed by atoms with Crippen LogP contribution in [0.2, 0.25) is 0 Å². The first-order valence-corrected chi connectivity index (χ1v) is 3.13. The Hall–Kier alpha value is -0.0800. The molecule has 0 aromatic heterocycles. The van der Waals surface area contributed by atoms with E-state index in [0.29, 0.717) is 6.42 Å². The van der Waals surface area contributed by atoms with E-state index in [9.17, 15) is 5.11 Å². The van der Waals surface area contributed by atoms with Crippen molar-refractivity contribution in [2.45, 2.75) is 32.0 Å². The Bertz CT molecular complexity index is 74.6. The molecular formula is C6H12O2. The third-order valence-electron chi connectivity index (χ3n) is 1.63. The van der Waals surface area contributed by atoms with Crippen LogP contribution >= 0.6 is 0 Å². The lowest BCUT2D eigenvalue weighted by Crippen LogP contribution is -2.24. The van der Waals surface area contributed by atoms with Gasteiger partial charge in [0.05, 0.1) is 6.61 Å². The Morgan fingerprint density at radius 3 is 2.75 bits per heavy atom. The monoisotopic (exact) mass is 116 g/mol. The molecule has 2 heteroatoms. The molecule has 0 spiro atoms. The first-order valence-electron chi connectivity index (χ1n) is 3.13. The second-order valence-electron chi connectivity index (χ2n) is 2.25. The maximum absolute atomic E-state index is 9.28. The molecule has 2 nitrogen and oxygen atoms in total. The zero-order valence-electron chi connectivity index (χ0n) is 5.18. The van der Waals surface area contributed by atoms with Crippen LogP contribution in [-0.2, 0) is 4.74 Å². The summed E-state index contributed by atoms with van der Waals surface area (Å²) in [4.78, 5) is 0. The van der Waals surface area contributed by atoms with Gasteiger partial charge in [-0.3, -0.25) is 0 Å². The minimum absolute atomic E-state index is 0.715. The van der Waals surface area contributed by atoms with Crippen LogP contribution in [0.25, 0.3) is 0 Å². The van der Waals surface area contributed by atoms with Crippen LogP contribution in [0.4, 0.5) is 0 Å². The first kappa shape index (κ1) is 6.05. The average molecular weight is 116 g/mol. The predicted molar refractivity (Wildman–Crippen MR) is 30.4 cm³/mol. The van der Waals surface area contributed by atoms with Gasteiger partial charge in [-0.15, -0.1) is 0 Å². The molecule has 1 unspecified atom stereocenters. The summed E-state index contributed by atoms with van der Waals surface area (Å²) in [5.74, 6) is -0.764. The van der Waals surface area contributed by atoms with Gasteiger partial charge in [0.15, 0.2) is 5.79 Å². The molecule has 1 saturated heterocycles. The van der Waals surface area contributed by atoms with Gasteiger partial charge in [-0.25, -0.2) is 0 Å². The molecule has 0 aliphatic carbocycles. The Morgan fingerprint density at radius 2 is 2.50 bits per heavy atom. The number of hydrogen-bond donors (Lipinski definition) is 1. The zero-order valence-corrected chi connectivity index (χ0v) is 5.18. The summed E-state index contributed by atoms with van der Waals surface area (Å²) >= 11 is 0. The van der Waals surface area contributed by atoms with Crippen molar-refractivity contribution < 1.29 is 9.84 Å². The molecule has 8 heavy (non-hydrogen) atoms. The summed E-state index contributed by atoms with van der Waals surface area (Å²) in [5, 5.41) is 9.28. The third kappa shape index (κ3) is 1.01. The Balaban J connectivity index is 2.40. The van der Waals surface area contributed by atoms with Crippen molar-refractivity contribution in [1.82, 2.24) is 0 Å². The van der Waals surface area contributed by atoms with Gasteiger partial charge in [-0.05, 0) is 12.8 Å². The molecule has 0 saturated carbocycles. The molecule has 0 aromatic rings. The number of rotatable bonds is 1. The molecule has 0 amide bonds. The molecule has 0 radical (unpaired) electrons. The Kier molecular flexibility index (Phi) is 1.54. The smallest absolute Gasteiger partial charge is 0.165 e. The van der Waals surface area contributed by atoms with Crippen molar-refractivity contribution in [1.29, 1.82) is 0 Å². The summed E-state index contributed by atoms with van der Waals surface area (Å²) < 4.78 is 5.05. The van der Waals surface area contributed by atoms with E-state index >= 15 is 0 Å². The second kappa shape index (κ2) is 2.03. The van der Waals surface area contributed by atoms with Gasteiger partial charge in [0.2, 0.25) is 0 Å². The lowest BCUT2D eigenvalue weighted by atomic mass is 10.1. The fourth-order valence-electron chi connectivity index (χ4n) is 0.962. The second-order valence-corrected chi connectivity index (χ2v) is 2.25. The van der Waals surface area contributed by atoms with Gasteiger partial charge in [-0.2, -0.15) is 0 Å². The Morgan fingerprint density at radius 1 is 1.75 bits per heavy atom. The minimum Gasteiger partial charge on any atom is -0.365 e. The van der Waals surface area contributed by atoms with Crippen molar-refractivity contribution in [3.8, 4) is 0 Å². The standard InChI is InChI=1S/C6H12O2/c1-2-6(7)4-3-5-8-6/h7H,2-5H2,1H3. The summed E-state index contributed by atoms with van der Waals surface area (Å²) in [5.41, 5.74) is 0. The predicted octanol–water partition coefficient (Wildman–Crippen LogP) is 0.895. The highest BCUT2D eigenvalue weighted by Crippen LogP contribution is 2.24. The summed E-state index contributed by atoms with van der Waals surface area (Å²) in [6.45, 7) is 2.66.